The molecule has 116 valence electrons. The fraction of sp³-hybridized carbons (Fsp3) is 0.118. The molecule has 0 radical (unpaired) electrons. The van der Waals surface area contributed by atoms with Crippen LogP contribution in [-0.2, 0) is 13.0 Å². The monoisotopic (exact) mass is 371 g/mol. The summed E-state index contributed by atoms with van der Waals surface area (Å²) in [6, 6.07) is 14.8. The van der Waals surface area contributed by atoms with Crippen molar-refractivity contribution in [1.82, 2.24) is 9.55 Å². The fourth-order valence-corrected chi connectivity index (χ4v) is 2.89. The predicted octanol–water partition coefficient (Wildman–Crippen LogP) is 4.19. The highest BCUT2D eigenvalue weighted by Crippen LogP contribution is 2.17. The fourth-order valence-electron chi connectivity index (χ4n) is 2.45. The van der Waals surface area contributed by atoms with Crippen molar-refractivity contribution in [2.75, 3.05) is 0 Å². The minimum absolute atomic E-state index is 0.108. The lowest BCUT2D eigenvalue weighted by Crippen LogP contribution is -2.05. The maximum atomic E-state index is 10.9. The van der Waals surface area contributed by atoms with E-state index in [9.17, 15) is 10.1 Å². The number of non-ortho nitro benzene ring substituents is 1. The minimum atomic E-state index is -0.375. The van der Waals surface area contributed by atoms with E-state index in [0.29, 0.717) is 13.0 Å². The Hall–Kier alpha value is -2.47. The third kappa shape index (κ3) is 3.84. The number of hydrogen-bond acceptors (Lipinski definition) is 3. The molecule has 0 atom stereocenters. The van der Waals surface area contributed by atoms with Crippen LogP contribution in [0.3, 0.4) is 0 Å². The highest BCUT2D eigenvalue weighted by Gasteiger charge is 2.09. The van der Waals surface area contributed by atoms with Crippen LogP contribution in [0, 0.1) is 10.1 Å². The van der Waals surface area contributed by atoms with E-state index in [0.717, 1.165) is 21.4 Å². The average Bonchev–Trinajstić information content (AvgIpc) is 2.94. The Labute approximate surface area is 141 Å². The molecule has 6 heteroatoms. The van der Waals surface area contributed by atoms with E-state index >= 15 is 0 Å². The van der Waals surface area contributed by atoms with E-state index < -0.39 is 0 Å². The maximum Gasteiger partial charge on any atom is 0.269 e. The molecule has 0 N–H and O–H groups in total. The minimum Gasteiger partial charge on any atom is -0.330 e. The first kappa shape index (κ1) is 15.4. The molecule has 0 saturated carbocycles. The Morgan fingerprint density at radius 1 is 1.13 bits per heavy atom. The van der Waals surface area contributed by atoms with E-state index in [1.54, 1.807) is 18.3 Å². The van der Waals surface area contributed by atoms with Crippen LogP contribution >= 0.6 is 15.9 Å². The predicted molar refractivity (Wildman–Crippen MR) is 91.4 cm³/mol. The van der Waals surface area contributed by atoms with Crippen molar-refractivity contribution in [3.05, 3.63) is 92.5 Å². The van der Waals surface area contributed by atoms with Gasteiger partial charge in [0.15, 0.2) is 0 Å². The topological polar surface area (TPSA) is 61.0 Å². The van der Waals surface area contributed by atoms with Gasteiger partial charge in [0.1, 0.15) is 5.82 Å². The number of imidazole rings is 1. The second-order valence-electron chi connectivity index (χ2n) is 5.21. The van der Waals surface area contributed by atoms with Gasteiger partial charge in [0.05, 0.1) is 4.92 Å². The van der Waals surface area contributed by atoms with Gasteiger partial charge < -0.3 is 4.57 Å². The lowest BCUT2D eigenvalue weighted by molar-refractivity contribution is -0.384. The molecule has 1 heterocycles. The molecular formula is C17H14BrN3O2. The summed E-state index contributed by atoms with van der Waals surface area (Å²) >= 11 is 3.47. The van der Waals surface area contributed by atoms with Gasteiger partial charge in [0.25, 0.3) is 5.69 Å². The van der Waals surface area contributed by atoms with Crippen molar-refractivity contribution in [2.45, 2.75) is 13.0 Å². The summed E-state index contributed by atoms with van der Waals surface area (Å²) in [5.74, 6) is 0.926. The molecule has 0 aliphatic heterocycles. The highest BCUT2D eigenvalue weighted by atomic mass is 79.9. The van der Waals surface area contributed by atoms with E-state index in [2.05, 4.69) is 33.0 Å². The third-order valence-corrected chi connectivity index (χ3v) is 4.02. The average molecular weight is 372 g/mol. The zero-order valence-corrected chi connectivity index (χ0v) is 13.8. The normalized spacial score (nSPS) is 10.7. The van der Waals surface area contributed by atoms with Crippen LogP contribution in [0.15, 0.2) is 65.4 Å². The Bertz CT molecular complexity index is 845. The van der Waals surface area contributed by atoms with Crippen molar-refractivity contribution in [2.24, 2.45) is 0 Å². The smallest absolute Gasteiger partial charge is 0.269 e. The van der Waals surface area contributed by atoms with Gasteiger partial charge in [-0.05, 0) is 23.3 Å². The molecule has 0 spiro atoms. The van der Waals surface area contributed by atoms with Crippen molar-refractivity contribution in [3.8, 4) is 0 Å². The molecule has 0 unspecified atom stereocenters. The van der Waals surface area contributed by atoms with Crippen LogP contribution in [0.1, 0.15) is 17.0 Å². The van der Waals surface area contributed by atoms with Gasteiger partial charge in [-0.15, -0.1) is 0 Å². The summed E-state index contributed by atoms with van der Waals surface area (Å²) in [7, 11) is 0. The summed E-state index contributed by atoms with van der Waals surface area (Å²) in [5, 5.41) is 10.9. The highest BCUT2D eigenvalue weighted by molar-refractivity contribution is 9.10. The Kier molecular flexibility index (Phi) is 4.52. The zero-order valence-electron chi connectivity index (χ0n) is 12.2. The van der Waals surface area contributed by atoms with Crippen LogP contribution in [-0.4, -0.2) is 14.5 Å². The second kappa shape index (κ2) is 6.75. The second-order valence-corrected chi connectivity index (χ2v) is 6.12. The molecule has 5 nitrogen and oxygen atoms in total. The van der Waals surface area contributed by atoms with Crippen LogP contribution < -0.4 is 0 Å². The van der Waals surface area contributed by atoms with E-state index in [-0.39, 0.29) is 10.6 Å². The molecule has 0 aliphatic carbocycles. The van der Waals surface area contributed by atoms with Crippen molar-refractivity contribution >= 4 is 21.6 Å². The molecule has 0 aliphatic rings. The number of hydrogen-bond donors (Lipinski definition) is 0. The number of nitro benzene ring substituents is 1. The van der Waals surface area contributed by atoms with Gasteiger partial charge in [-0.2, -0.15) is 0 Å². The first-order chi connectivity index (χ1) is 11.1. The van der Waals surface area contributed by atoms with Crippen molar-refractivity contribution < 1.29 is 4.92 Å². The van der Waals surface area contributed by atoms with Gasteiger partial charge in [-0.3, -0.25) is 10.1 Å². The van der Waals surface area contributed by atoms with Crippen LogP contribution in [0.5, 0.6) is 0 Å². The molecule has 23 heavy (non-hydrogen) atoms. The number of nitro groups is 1. The van der Waals surface area contributed by atoms with Gasteiger partial charge in [0.2, 0.25) is 0 Å². The number of aromatic nitrogens is 2. The number of halogens is 1. The Morgan fingerprint density at radius 2 is 1.91 bits per heavy atom. The molecular weight excluding hydrogens is 358 g/mol. The molecule has 0 amide bonds. The largest absolute Gasteiger partial charge is 0.330 e. The van der Waals surface area contributed by atoms with Crippen molar-refractivity contribution in [1.29, 1.82) is 0 Å². The van der Waals surface area contributed by atoms with E-state index in [1.165, 1.54) is 6.07 Å². The SMILES string of the molecule is O=[N+]([O-])c1cccc(Cn2ccnc2Cc2cccc(Br)c2)c1. The molecule has 0 saturated heterocycles. The Morgan fingerprint density at radius 3 is 2.70 bits per heavy atom. The van der Waals surface area contributed by atoms with E-state index in [4.69, 9.17) is 0 Å². The molecule has 0 bridgehead atoms. The lowest BCUT2D eigenvalue weighted by Gasteiger charge is -2.08. The number of benzene rings is 2. The Balaban J connectivity index is 1.81. The van der Waals surface area contributed by atoms with Crippen LogP contribution in [0.2, 0.25) is 0 Å². The van der Waals surface area contributed by atoms with Crippen LogP contribution in [0.4, 0.5) is 5.69 Å². The standard InChI is InChI=1S/C17H14BrN3O2/c18-15-5-1-3-13(9-15)11-17-19-7-8-20(17)12-14-4-2-6-16(10-14)21(22)23/h1-10H,11-12H2. The summed E-state index contributed by atoms with van der Waals surface area (Å²) in [6.45, 7) is 0.561. The summed E-state index contributed by atoms with van der Waals surface area (Å²) in [5.41, 5.74) is 2.15. The number of rotatable bonds is 5. The molecule has 2 aromatic carbocycles. The zero-order chi connectivity index (χ0) is 16.2. The van der Waals surface area contributed by atoms with Gasteiger partial charge in [-0.25, -0.2) is 4.98 Å². The lowest BCUT2D eigenvalue weighted by atomic mass is 10.1. The third-order valence-electron chi connectivity index (χ3n) is 3.53. The summed E-state index contributed by atoms with van der Waals surface area (Å²) in [4.78, 5) is 14.9. The quantitative estimate of drug-likeness (QED) is 0.498. The molecule has 0 fully saturated rings. The van der Waals surface area contributed by atoms with Gasteiger partial charge in [-0.1, -0.05) is 40.2 Å². The van der Waals surface area contributed by atoms with Crippen molar-refractivity contribution in [3.63, 3.8) is 0 Å². The van der Waals surface area contributed by atoms with Gasteiger partial charge >= 0.3 is 0 Å². The van der Waals surface area contributed by atoms with Gasteiger partial charge in [0, 0.05) is 42.0 Å². The molecule has 3 aromatic rings. The molecule has 3 rings (SSSR count). The number of nitrogens with zero attached hydrogens (tertiary/aromatic N) is 3. The summed E-state index contributed by atoms with van der Waals surface area (Å²) in [6.07, 6.45) is 4.36. The first-order valence-corrected chi connectivity index (χ1v) is 7.89. The summed E-state index contributed by atoms with van der Waals surface area (Å²) < 4.78 is 3.05. The first-order valence-electron chi connectivity index (χ1n) is 7.09. The van der Waals surface area contributed by atoms with E-state index in [1.807, 2.05) is 29.0 Å². The maximum absolute atomic E-state index is 10.9. The molecule has 1 aromatic heterocycles. The van der Waals surface area contributed by atoms with Crippen LogP contribution in [0.25, 0.3) is 0 Å².